The molecule has 2 rings (SSSR count). The van der Waals surface area contributed by atoms with E-state index in [1.165, 1.54) is 7.11 Å². The molecule has 25 heavy (non-hydrogen) atoms. The van der Waals surface area contributed by atoms with Gasteiger partial charge in [0, 0.05) is 5.56 Å². The molecule has 132 valence electrons. The molecule has 0 saturated carbocycles. The second-order valence-corrected chi connectivity index (χ2v) is 6.06. The van der Waals surface area contributed by atoms with Crippen LogP contribution in [0, 0.1) is 0 Å². The van der Waals surface area contributed by atoms with Gasteiger partial charge in [0.1, 0.15) is 5.60 Å². The van der Waals surface area contributed by atoms with Gasteiger partial charge in [-0.3, -0.25) is 0 Å². The summed E-state index contributed by atoms with van der Waals surface area (Å²) in [6.07, 6.45) is -0.571. The molecule has 9 nitrogen and oxygen atoms in total. The molecule has 0 spiro atoms. The Labute approximate surface area is 144 Å². The number of hydrogen-bond acceptors (Lipinski definition) is 8. The van der Waals surface area contributed by atoms with Crippen LogP contribution in [-0.2, 0) is 16.0 Å². The molecule has 1 amide bonds. The van der Waals surface area contributed by atoms with Crippen LogP contribution in [0.3, 0.4) is 0 Å². The zero-order valence-electron chi connectivity index (χ0n) is 14.4. The van der Waals surface area contributed by atoms with Gasteiger partial charge in [-0.25, -0.2) is 9.59 Å². The van der Waals surface area contributed by atoms with Crippen molar-refractivity contribution in [3.8, 4) is 11.4 Å². The Balaban J connectivity index is 1.98. The molecule has 0 aliphatic rings. The van der Waals surface area contributed by atoms with Crippen molar-refractivity contribution in [2.24, 2.45) is 0 Å². The number of nitrogens with zero attached hydrogens (tertiary/aromatic N) is 4. The third kappa shape index (κ3) is 5.48. The standard InChI is InChI=1S/C16H19N5O4/c1-16(2,3)25-15(23)17-9-12-18-20-13(21-19-12)10-5-7-11(8-6-10)14(22)24-4/h5-8H,9H2,1-4H3,(H,17,23). The molecule has 0 unspecified atom stereocenters. The van der Waals surface area contributed by atoms with Gasteiger partial charge in [0.25, 0.3) is 0 Å². The fourth-order valence-electron chi connectivity index (χ4n) is 1.77. The van der Waals surface area contributed by atoms with E-state index in [2.05, 4.69) is 30.4 Å². The van der Waals surface area contributed by atoms with Crippen molar-refractivity contribution in [2.45, 2.75) is 32.9 Å². The summed E-state index contributed by atoms with van der Waals surface area (Å²) in [6, 6.07) is 6.54. The van der Waals surface area contributed by atoms with Crippen molar-refractivity contribution in [3.63, 3.8) is 0 Å². The fourth-order valence-corrected chi connectivity index (χ4v) is 1.77. The number of ether oxygens (including phenoxy) is 2. The molecule has 0 saturated heterocycles. The topological polar surface area (TPSA) is 116 Å². The Hall–Kier alpha value is -3.10. The van der Waals surface area contributed by atoms with Crippen LogP contribution in [0.2, 0.25) is 0 Å². The number of esters is 1. The van der Waals surface area contributed by atoms with E-state index in [0.29, 0.717) is 17.0 Å². The average molecular weight is 345 g/mol. The van der Waals surface area contributed by atoms with Crippen LogP contribution in [0.4, 0.5) is 4.79 Å². The van der Waals surface area contributed by atoms with Gasteiger partial charge in [0.15, 0.2) is 5.82 Å². The van der Waals surface area contributed by atoms with E-state index in [0.717, 1.165) is 0 Å². The summed E-state index contributed by atoms with van der Waals surface area (Å²) >= 11 is 0. The number of carbonyl (C=O) groups excluding carboxylic acids is 2. The van der Waals surface area contributed by atoms with Crippen LogP contribution in [0.25, 0.3) is 11.4 Å². The van der Waals surface area contributed by atoms with Crippen molar-refractivity contribution in [1.29, 1.82) is 0 Å². The number of hydrogen-bond donors (Lipinski definition) is 1. The molecule has 1 N–H and O–H groups in total. The Bertz CT molecular complexity index is 739. The zero-order chi connectivity index (χ0) is 18.4. The summed E-state index contributed by atoms with van der Waals surface area (Å²) < 4.78 is 9.74. The largest absolute Gasteiger partial charge is 0.465 e. The average Bonchev–Trinajstić information content (AvgIpc) is 2.58. The maximum absolute atomic E-state index is 11.6. The number of methoxy groups -OCH3 is 1. The monoisotopic (exact) mass is 345 g/mol. The van der Waals surface area contributed by atoms with E-state index in [9.17, 15) is 9.59 Å². The number of benzene rings is 1. The van der Waals surface area contributed by atoms with Crippen LogP contribution in [-0.4, -0.2) is 45.2 Å². The van der Waals surface area contributed by atoms with Gasteiger partial charge in [-0.05, 0) is 32.9 Å². The van der Waals surface area contributed by atoms with E-state index < -0.39 is 17.7 Å². The van der Waals surface area contributed by atoms with Crippen LogP contribution in [0.5, 0.6) is 0 Å². The molecule has 0 aliphatic heterocycles. The Morgan fingerprint density at radius 1 is 1.04 bits per heavy atom. The predicted octanol–water partition coefficient (Wildman–Crippen LogP) is 1.74. The first-order chi connectivity index (χ1) is 11.8. The molecular formula is C16H19N5O4. The summed E-state index contributed by atoms with van der Waals surface area (Å²) in [4.78, 5) is 23.0. The minimum Gasteiger partial charge on any atom is -0.465 e. The van der Waals surface area contributed by atoms with Gasteiger partial charge in [0.2, 0.25) is 5.82 Å². The molecule has 0 bridgehead atoms. The highest BCUT2D eigenvalue weighted by atomic mass is 16.6. The second-order valence-electron chi connectivity index (χ2n) is 6.06. The van der Waals surface area contributed by atoms with Crippen LogP contribution in [0.15, 0.2) is 24.3 Å². The molecule has 0 atom stereocenters. The van der Waals surface area contributed by atoms with Gasteiger partial charge < -0.3 is 14.8 Å². The van der Waals surface area contributed by atoms with Crippen molar-refractivity contribution >= 4 is 12.1 Å². The van der Waals surface area contributed by atoms with E-state index in [1.807, 2.05) is 0 Å². The molecule has 1 aromatic carbocycles. The van der Waals surface area contributed by atoms with Gasteiger partial charge in [-0.1, -0.05) is 12.1 Å². The number of alkyl carbamates (subject to hydrolysis) is 1. The van der Waals surface area contributed by atoms with E-state index in [4.69, 9.17) is 4.74 Å². The minimum atomic E-state index is -0.582. The van der Waals surface area contributed by atoms with Crippen molar-refractivity contribution in [2.75, 3.05) is 7.11 Å². The zero-order valence-corrected chi connectivity index (χ0v) is 14.4. The smallest absolute Gasteiger partial charge is 0.408 e. The summed E-state index contributed by atoms with van der Waals surface area (Å²) in [5.74, 6) is 0.130. The Morgan fingerprint density at radius 3 is 2.16 bits per heavy atom. The third-order valence-electron chi connectivity index (χ3n) is 2.87. The first-order valence-electron chi connectivity index (χ1n) is 7.50. The molecule has 0 aliphatic carbocycles. The van der Waals surface area contributed by atoms with Gasteiger partial charge in [0.05, 0.1) is 19.2 Å². The highest BCUT2D eigenvalue weighted by Crippen LogP contribution is 2.14. The van der Waals surface area contributed by atoms with Crippen molar-refractivity contribution in [1.82, 2.24) is 25.7 Å². The van der Waals surface area contributed by atoms with Crippen LogP contribution >= 0.6 is 0 Å². The number of aromatic nitrogens is 4. The van der Waals surface area contributed by atoms with E-state index in [1.54, 1.807) is 45.0 Å². The third-order valence-corrected chi connectivity index (χ3v) is 2.87. The normalized spacial score (nSPS) is 10.9. The van der Waals surface area contributed by atoms with E-state index in [-0.39, 0.29) is 12.4 Å². The van der Waals surface area contributed by atoms with Crippen LogP contribution in [0.1, 0.15) is 37.0 Å². The molecule has 9 heteroatoms. The van der Waals surface area contributed by atoms with Gasteiger partial charge >= 0.3 is 12.1 Å². The van der Waals surface area contributed by atoms with Crippen molar-refractivity contribution in [3.05, 3.63) is 35.7 Å². The predicted molar refractivity (Wildman–Crippen MR) is 87.5 cm³/mol. The quantitative estimate of drug-likeness (QED) is 0.833. The lowest BCUT2D eigenvalue weighted by atomic mass is 10.1. The Kier molecular flexibility index (Phi) is 5.58. The Morgan fingerprint density at radius 2 is 1.64 bits per heavy atom. The molecule has 1 aromatic heterocycles. The fraction of sp³-hybridized carbons (Fsp3) is 0.375. The number of rotatable bonds is 4. The number of carbonyl (C=O) groups is 2. The maximum Gasteiger partial charge on any atom is 0.408 e. The highest BCUT2D eigenvalue weighted by molar-refractivity contribution is 5.89. The lowest BCUT2D eigenvalue weighted by Gasteiger charge is -2.19. The first kappa shape index (κ1) is 18.2. The lowest BCUT2D eigenvalue weighted by molar-refractivity contribution is 0.0520. The second kappa shape index (κ2) is 7.65. The number of nitrogens with one attached hydrogen (secondary N) is 1. The van der Waals surface area contributed by atoms with Gasteiger partial charge in [-0.15, -0.1) is 20.4 Å². The van der Waals surface area contributed by atoms with Gasteiger partial charge in [-0.2, -0.15) is 0 Å². The van der Waals surface area contributed by atoms with E-state index >= 15 is 0 Å². The first-order valence-corrected chi connectivity index (χ1v) is 7.50. The summed E-state index contributed by atoms with van der Waals surface area (Å²) in [5.41, 5.74) is 0.492. The minimum absolute atomic E-state index is 0.0521. The molecular weight excluding hydrogens is 326 g/mol. The molecule has 2 aromatic rings. The van der Waals surface area contributed by atoms with Crippen LogP contribution < -0.4 is 5.32 Å². The summed E-state index contributed by atoms with van der Waals surface area (Å²) in [7, 11) is 1.32. The highest BCUT2D eigenvalue weighted by Gasteiger charge is 2.16. The summed E-state index contributed by atoms with van der Waals surface area (Å²) in [6.45, 7) is 5.36. The van der Waals surface area contributed by atoms with Crippen molar-refractivity contribution < 1.29 is 19.1 Å². The molecule has 1 heterocycles. The molecule has 0 fully saturated rings. The maximum atomic E-state index is 11.6. The molecule has 0 radical (unpaired) electrons. The lowest BCUT2D eigenvalue weighted by Crippen LogP contribution is -2.32. The number of amides is 1. The SMILES string of the molecule is COC(=O)c1ccc(-c2nnc(CNC(=O)OC(C)(C)C)nn2)cc1. The summed E-state index contributed by atoms with van der Waals surface area (Å²) in [5, 5.41) is 18.3.